The number of aromatic nitrogens is 1. The van der Waals surface area contributed by atoms with E-state index in [1.54, 1.807) is 7.05 Å². The van der Waals surface area contributed by atoms with Crippen LogP contribution in [0.5, 0.6) is 0 Å². The Morgan fingerprint density at radius 2 is 1.76 bits per heavy atom. The van der Waals surface area contributed by atoms with E-state index in [-0.39, 0.29) is 5.91 Å². The standard InChI is InChI=1S/C28H30N4O/c1-29-28(33)23-5-3-4-22(16-23)25-10-11-27-26(25)17-24(18-30-27)21-8-6-20(7-9-21)19-32-14-12-31(2)13-15-32/h3-10,16-18H,11-15,19H2,1-2H3,(H,29,33). The second kappa shape index (κ2) is 9.30. The average molecular weight is 439 g/mol. The lowest BCUT2D eigenvalue weighted by atomic mass is 9.96. The van der Waals surface area contributed by atoms with Gasteiger partial charge in [0.15, 0.2) is 0 Å². The summed E-state index contributed by atoms with van der Waals surface area (Å²) in [5.74, 6) is -0.0702. The van der Waals surface area contributed by atoms with Crippen LogP contribution in [0.25, 0.3) is 16.7 Å². The van der Waals surface area contributed by atoms with Gasteiger partial charge in [0.25, 0.3) is 5.91 Å². The summed E-state index contributed by atoms with van der Waals surface area (Å²) >= 11 is 0. The molecule has 5 rings (SSSR count). The highest BCUT2D eigenvalue weighted by Crippen LogP contribution is 2.34. The molecule has 2 aromatic carbocycles. The molecule has 5 nitrogen and oxygen atoms in total. The molecule has 2 aliphatic rings. The van der Waals surface area contributed by atoms with Crippen LogP contribution in [0, 0.1) is 0 Å². The quantitative estimate of drug-likeness (QED) is 0.658. The highest BCUT2D eigenvalue weighted by molar-refractivity contribution is 5.96. The first-order valence-corrected chi connectivity index (χ1v) is 11.6. The zero-order chi connectivity index (χ0) is 22.8. The first-order valence-electron chi connectivity index (χ1n) is 11.6. The van der Waals surface area contributed by atoms with Crippen LogP contribution < -0.4 is 5.32 Å². The molecule has 0 unspecified atom stereocenters. The summed E-state index contributed by atoms with van der Waals surface area (Å²) in [6.45, 7) is 5.54. The Labute approximate surface area is 195 Å². The number of benzene rings is 2. The van der Waals surface area contributed by atoms with Crippen LogP contribution in [0.4, 0.5) is 0 Å². The Bertz CT molecular complexity index is 1190. The summed E-state index contributed by atoms with van der Waals surface area (Å²) in [5.41, 5.74) is 8.77. The minimum Gasteiger partial charge on any atom is -0.355 e. The molecule has 1 aromatic heterocycles. The number of hydrogen-bond acceptors (Lipinski definition) is 4. The maximum Gasteiger partial charge on any atom is 0.251 e. The molecule has 168 valence electrons. The number of rotatable bonds is 5. The van der Waals surface area contributed by atoms with Crippen LogP contribution in [0.15, 0.2) is 66.9 Å². The van der Waals surface area contributed by atoms with Crippen LogP contribution in [-0.4, -0.2) is 61.0 Å². The Kier molecular flexibility index (Phi) is 6.07. The molecule has 1 saturated heterocycles. The lowest BCUT2D eigenvalue weighted by Crippen LogP contribution is -2.43. The number of pyridine rings is 1. The molecule has 0 saturated carbocycles. The molecule has 0 spiro atoms. The fraction of sp³-hybridized carbons (Fsp3) is 0.286. The second-order valence-corrected chi connectivity index (χ2v) is 8.98. The first-order chi connectivity index (χ1) is 16.1. The number of nitrogens with one attached hydrogen (secondary N) is 1. The number of carbonyl (C=O) groups is 1. The summed E-state index contributed by atoms with van der Waals surface area (Å²) < 4.78 is 0. The van der Waals surface area contributed by atoms with E-state index in [0.29, 0.717) is 5.56 Å². The van der Waals surface area contributed by atoms with Gasteiger partial charge in [-0.05, 0) is 47.5 Å². The fourth-order valence-electron chi connectivity index (χ4n) is 4.67. The molecule has 0 atom stereocenters. The predicted molar refractivity (Wildman–Crippen MR) is 133 cm³/mol. The van der Waals surface area contributed by atoms with Gasteiger partial charge < -0.3 is 10.2 Å². The second-order valence-electron chi connectivity index (χ2n) is 8.98. The van der Waals surface area contributed by atoms with E-state index in [4.69, 9.17) is 4.98 Å². The SMILES string of the molecule is CNC(=O)c1cccc(C2=CCc3ncc(-c4ccc(CN5CCN(C)CC5)cc4)cc32)c1. The summed E-state index contributed by atoms with van der Waals surface area (Å²) in [5, 5.41) is 2.71. The van der Waals surface area contributed by atoms with Gasteiger partial charge in [-0.15, -0.1) is 0 Å². The number of piperazine rings is 1. The van der Waals surface area contributed by atoms with Crippen molar-refractivity contribution in [3.63, 3.8) is 0 Å². The minimum atomic E-state index is -0.0702. The third-order valence-electron chi connectivity index (χ3n) is 6.71. The van der Waals surface area contributed by atoms with Gasteiger partial charge in [-0.25, -0.2) is 0 Å². The number of carbonyl (C=O) groups excluding carboxylic acids is 1. The molecule has 33 heavy (non-hydrogen) atoms. The van der Waals surface area contributed by atoms with Crippen molar-refractivity contribution in [3.05, 3.63) is 94.8 Å². The largest absolute Gasteiger partial charge is 0.355 e. The summed E-state index contributed by atoms with van der Waals surface area (Å²) in [4.78, 5) is 21.8. The van der Waals surface area contributed by atoms with Crippen molar-refractivity contribution in [2.45, 2.75) is 13.0 Å². The van der Waals surface area contributed by atoms with Crippen molar-refractivity contribution >= 4 is 11.5 Å². The number of allylic oxidation sites excluding steroid dienone is 1. The van der Waals surface area contributed by atoms with Crippen molar-refractivity contribution in [1.82, 2.24) is 20.1 Å². The lowest BCUT2D eigenvalue weighted by Gasteiger charge is -2.32. The number of amides is 1. The molecule has 2 heterocycles. The van der Waals surface area contributed by atoms with Crippen LogP contribution in [0.2, 0.25) is 0 Å². The molecule has 0 radical (unpaired) electrons. The van der Waals surface area contributed by atoms with Gasteiger partial charge >= 0.3 is 0 Å². The molecule has 1 aliphatic carbocycles. The molecular formula is C28H30N4O. The maximum absolute atomic E-state index is 12.1. The summed E-state index contributed by atoms with van der Waals surface area (Å²) in [6.07, 6.45) is 5.01. The van der Waals surface area contributed by atoms with Gasteiger partial charge in [0.1, 0.15) is 0 Å². The van der Waals surface area contributed by atoms with Crippen molar-refractivity contribution in [2.75, 3.05) is 40.3 Å². The van der Waals surface area contributed by atoms with Gasteiger partial charge in [-0.3, -0.25) is 14.7 Å². The number of hydrogen-bond donors (Lipinski definition) is 1. The Morgan fingerprint density at radius 1 is 0.970 bits per heavy atom. The molecule has 0 bridgehead atoms. The number of likely N-dealkylation sites (N-methyl/N-ethyl adjacent to an activating group) is 1. The van der Waals surface area contributed by atoms with Crippen LogP contribution in [0.3, 0.4) is 0 Å². The Balaban J connectivity index is 1.36. The number of fused-ring (bicyclic) bond motifs is 1. The van der Waals surface area contributed by atoms with Gasteiger partial charge in [0, 0.05) is 69.1 Å². The lowest BCUT2D eigenvalue weighted by molar-refractivity contribution is 0.0963. The third kappa shape index (κ3) is 4.61. The summed E-state index contributed by atoms with van der Waals surface area (Å²) in [7, 11) is 3.85. The molecule has 3 aromatic rings. The van der Waals surface area contributed by atoms with Crippen molar-refractivity contribution < 1.29 is 4.79 Å². The minimum absolute atomic E-state index is 0.0702. The third-order valence-corrected chi connectivity index (χ3v) is 6.71. The van der Waals surface area contributed by atoms with E-state index >= 15 is 0 Å². The Morgan fingerprint density at radius 3 is 2.52 bits per heavy atom. The molecule has 1 aliphatic heterocycles. The highest BCUT2D eigenvalue weighted by atomic mass is 16.1. The molecule has 1 amide bonds. The van der Waals surface area contributed by atoms with Crippen molar-refractivity contribution in [3.8, 4) is 11.1 Å². The van der Waals surface area contributed by atoms with Crippen LogP contribution in [-0.2, 0) is 13.0 Å². The van der Waals surface area contributed by atoms with Gasteiger partial charge in [-0.2, -0.15) is 0 Å². The normalized spacial score (nSPS) is 16.4. The van der Waals surface area contributed by atoms with Crippen molar-refractivity contribution in [1.29, 1.82) is 0 Å². The predicted octanol–water partition coefficient (Wildman–Crippen LogP) is 3.84. The Hall–Kier alpha value is -3.28. The average Bonchev–Trinajstić information content (AvgIpc) is 3.29. The van der Waals surface area contributed by atoms with E-state index in [9.17, 15) is 4.79 Å². The van der Waals surface area contributed by atoms with Gasteiger partial charge in [0.2, 0.25) is 0 Å². The van der Waals surface area contributed by atoms with E-state index in [2.05, 4.69) is 64.6 Å². The van der Waals surface area contributed by atoms with Crippen molar-refractivity contribution in [2.24, 2.45) is 0 Å². The zero-order valence-electron chi connectivity index (χ0n) is 19.3. The first kappa shape index (κ1) is 21.6. The van der Waals surface area contributed by atoms with Gasteiger partial charge in [0.05, 0.1) is 5.69 Å². The zero-order valence-corrected chi connectivity index (χ0v) is 19.3. The highest BCUT2D eigenvalue weighted by Gasteiger charge is 2.19. The molecular weight excluding hydrogens is 408 g/mol. The topological polar surface area (TPSA) is 48.5 Å². The monoisotopic (exact) mass is 438 g/mol. The maximum atomic E-state index is 12.1. The van der Waals surface area contributed by atoms with Gasteiger partial charge in [-0.1, -0.05) is 42.5 Å². The van der Waals surface area contributed by atoms with E-state index in [1.807, 2.05) is 24.4 Å². The van der Waals surface area contributed by atoms with Crippen LogP contribution >= 0.6 is 0 Å². The molecule has 5 heteroatoms. The number of nitrogens with zero attached hydrogens (tertiary/aromatic N) is 3. The van der Waals surface area contributed by atoms with E-state index in [1.165, 1.54) is 11.1 Å². The molecule has 1 fully saturated rings. The van der Waals surface area contributed by atoms with E-state index in [0.717, 1.165) is 67.1 Å². The fourth-order valence-corrected chi connectivity index (χ4v) is 4.67. The van der Waals surface area contributed by atoms with E-state index < -0.39 is 0 Å². The smallest absolute Gasteiger partial charge is 0.251 e. The summed E-state index contributed by atoms with van der Waals surface area (Å²) in [6, 6.07) is 18.9. The van der Waals surface area contributed by atoms with Crippen LogP contribution in [0.1, 0.15) is 32.7 Å². The molecule has 1 N–H and O–H groups in total.